The Labute approximate surface area is 132 Å². The molecule has 1 heterocycles. The molecule has 1 aliphatic carbocycles. The van der Waals surface area contributed by atoms with Gasteiger partial charge in [0.05, 0.1) is 11.2 Å². The average Bonchev–Trinajstić information content (AvgIpc) is 3.02. The summed E-state index contributed by atoms with van der Waals surface area (Å²) in [4.78, 5) is 11.6. The zero-order valence-electron chi connectivity index (χ0n) is 14.1. The number of anilines is 1. The van der Waals surface area contributed by atoms with Crippen molar-refractivity contribution in [2.75, 3.05) is 12.3 Å². The van der Waals surface area contributed by atoms with Crippen LogP contribution in [0, 0.1) is 0 Å². The van der Waals surface area contributed by atoms with Crippen molar-refractivity contribution < 1.29 is 9.53 Å². The minimum absolute atomic E-state index is 0.0251. The summed E-state index contributed by atoms with van der Waals surface area (Å²) >= 11 is 0. The summed E-state index contributed by atoms with van der Waals surface area (Å²) in [5.74, 6) is 1.00. The van der Waals surface area contributed by atoms with E-state index in [1.54, 1.807) is 0 Å². The molecule has 1 aromatic heterocycles. The molecule has 22 heavy (non-hydrogen) atoms. The van der Waals surface area contributed by atoms with Gasteiger partial charge in [-0.25, -0.2) is 9.48 Å². The Morgan fingerprint density at radius 3 is 2.82 bits per heavy atom. The topological polar surface area (TPSA) is 82.2 Å². The SMILES string of the molecule is CCCNC(=O)OC1CCC(c2cc(N)n(C(C)(C)C)n2)C1. The van der Waals surface area contributed by atoms with Gasteiger partial charge in [-0.3, -0.25) is 0 Å². The summed E-state index contributed by atoms with van der Waals surface area (Å²) in [6.07, 6.45) is 3.25. The standard InChI is InChI=1S/C16H28N4O2/c1-5-8-18-15(21)22-12-7-6-11(9-12)13-10-14(17)20(19-13)16(2,3)4/h10-12H,5-9,17H2,1-4H3,(H,18,21). The number of hydrogen-bond donors (Lipinski definition) is 2. The third-order valence-electron chi connectivity index (χ3n) is 3.99. The van der Waals surface area contributed by atoms with Gasteiger partial charge < -0.3 is 15.8 Å². The molecule has 0 spiro atoms. The number of rotatable bonds is 4. The van der Waals surface area contributed by atoms with E-state index in [9.17, 15) is 4.79 Å². The number of aromatic nitrogens is 2. The number of hydrogen-bond acceptors (Lipinski definition) is 4. The number of carbonyl (C=O) groups is 1. The van der Waals surface area contributed by atoms with Gasteiger partial charge in [-0.1, -0.05) is 6.92 Å². The summed E-state index contributed by atoms with van der Waals surface area (Å²) < 4.78 is 7.32. The van der Waals surface area contributed by atoms with Crippen LogP contribution in [-0.2, 0) is 10.3 Å². The van der Waals surface area contributed by atoms with Crippen LogP contribution in [0.5, 0.6) is 0 Å². The Bertz CT molecular complexity index is 519. The van der Waals surface area contributed by atoms with Crippen molar-refractivity contribution in [2.24, 2.45) is 0 Å². The van der Waals surface area contributed by atoms with Gasteiger partial charge in [0, 0.05) is 18.5 Å². The maximum Gasteiger partial charge on any atom is 0.407 e. The van der Waals surface area contributed by atoms with Gasteiger partial charge in [0.15, 0.2) is 0 Å². The van der Waals surface area contributed by atoms with Crippen molar-refractivity contribution in [2.45, 2.75) is 70.9 Å². The lowest BCUT2D eigenvalue weighted by Gasteiger charge is -2.20. The summed E-state index contributed by atoms with van der Waals surface area (Å²) in [6.45, 7) is 8.92. The number of nitrogens with two attached hydrogens (primary N) is 1. The van der Waals surface area contributed by atoms with Crippen molar-refractivity contribution in [1.82, 2.24) is 15.1 Å². The molecule has 1 fully saturated rings. The first kappa shape index (κ1) is 16.6. The third-order valence-corrected chi connectivity index (χ3v) is 3.99. The Hall–Kier alpha value is -1.72. The number of nitrogen functional groups attached to an aromatic ring is 1. The Balaban J connectivity index is 1.95. The number of alkyl carbamates (subject to hydrolysis) is 1. The maximum absolute atomic E-state index is 11.6. The van der Waals surface area contributed by atoms with Crippen LogP contribution in [0.15, 0.2) is 6.07 Å². The largest absolute Gasteiger partial charge is 0.446 e. The highest BCUT2D eigenvalue weighted by Gasteiger charge is 2.31. The molecular formula is C16H28N4O2. The van der Waals surface area contributed by atoms with Gasteiger partial charge >= 0.3 is 6.09 Å². The van der Waals surface area contributed by atoms with E-state index in [4.69, 9.17) is 10.5 Å². The van der Waals surface area contributed by atoms with Crippen LogP contribution in [0.4, 0.5) is 10.6 Å². The average molecular weight is 308 g/mol. The molecule has 6 heteroatoms. The molecule has 2 atom stereocenters. The quantitative estimate of drug-likeness (QED) is 0.896. The Morgan fingerprint density at radius 2 is 2.23 bits per heavy atom. The van der Waals surface area contributed by atoms with Gasteiger partial charge in [0.1, 0.15) is 11.9 Å². The summed E-state index contributed by atoms with van der Waals surface area (Å²) in [5, 5.41) is 7.41. The molecular weight excluding hydrogens is 280 g/mol. The van der Waals surface area contributed by atoms with Gasteiger partial charge in [-0.05, 0) is 46.5 Å². The van der Waals surface area contributed by atoms with Crippen LogP contribution in [0.25, 0.3) is 0 Å². The molecule has 1 aromatic rings. The van der Waals surface area contributed by atoms with Crippen molar-refractivity contribution >= 4 is 11.9 Å². The molecule has 124 valence electrons. The highest BCUT2D eigenvalue weighted by atomic mass is 16.6. The van der Waals surface area contributed by atoms with Crippen LogP contribution < -0.4 is 11.1 Å². The minimum Gasteiger partial charge on any atom is -0.446 e. The molecule has 0 radical (unpaired) electrons. The monoisotopic (exact) mass is 308 g/mol. The van der Waals surface area contributed by atoms with Gasteiger partial charge in [-0.15, -0.1) is 0 Å². The van der Waals surface area contributed by atoms with Crippen molar-refractivity contribution in [3.8, 4) is 0 Å². The predicted molar refractivity (Wildman–Crippen MR) is 86.8 cm³/mol. The number of carbonyl (C=O) groups excluding carboxylic acids is 1. The molecule has 1 amide bonds. The summed E-state index contributed by atoms with van der Waals surface area (Å²) in [7, 11) is 0. The lowest BCUT2D eigenvalue weighted by Crippen LogP contribution is -2.28. The van der Waals surface area contributed by atoms with E-state index in [0.717, 1.165) is 31.4 Å². The smallest absolute Gasteiger partial charge is 0.407 e. The molecule has 3 N–H and O–H groups in total. The minimum atomic E-state index is -0.313. The summed E-state index contributed by atoms with van der Waals surface area (Å²) in [6, 6.07) is 1.95. The Kier molecular flexibility index (Phi) is 4.98. The lowest BCUT2D eigenvalue weighted by atomic mass is 10.0. The van der Waals surface area contributed by atoms with Crippen LogP contribution in [0.2, 0.25) is 0 Å². The second-order valence-corrected chi connectivity index (χ2v) is 7.04. The fourth-order valence-electron chi connectivity index (χ4n) is 2.89. The van der Waals surface area contributed by atoms with E-state index in [0.29, 0.717) is 18.3 Å². The Morgan fingerprint density at radius 1 is 1.50 bits per heavy atom. The molecule has 0 aromatic carbocycles. The molecule has 1 saturated carbocycles. The van der Waals surface area contributed by atoms with Gasteiger partial charge in [0.2, 0.25) is 0 Å². The molecule has 1 aliphatic rings. The van der Waals surface area contributed by atoms with Gasteiger partial charge in [0.25, 0.3) is 0 Å². The van der Waals surface area contributed by atoms with Crippen molar-refractivity contribution in [1.29, 1.82) is 0 Å². The molecule has 2 rings (SSSR count). The fraction of sp³-hybridized carbons (Fsp3) is 0.750. The zero-order chi connectivity index (χ0) is 16.3. The molecule has 0 saturated heterocycles. The first-order valence-electron chi connectivity index (χ1n) is 8.11. The van der Waals surface area contributed by atoms with Crippen molar-refractivity contribution in [3.05, 3.63) is 11.8 Å². The number of nitrogens with zero attached hydrogens (tertiary/aromatic N) is 2. The first-order valence-corrected chi connectivity index (χ1v) is 8.11. The predicted octanol–water partition coefficient (Wildman–Crippen LogP) is 2.99. The van der Waals surface area contributed by atoms with Crippen LogP contribution in [-0.4, -0.2) is 28.5 Å². The van der Waals surface area contributed by atoms with E-state index in [-0.39, 0.29) is 17.7 Å². The second kappa shape index (κ2) is 6.58. The zero-order valence-corrected chi connectivity index (χ0v) is 14.1. The normalized spacial score (nSPS) is 21.8. The molecule has 0 aliphatic heterocycles. The van der Waals surface area contributed by atoms with E-state index in [1.165, 1.54) is 0 Å². The van der Waals surface area contributed by atoms with Crippen LogP contribution >= 0.6 is 0 Å². The number of nitrogens with one attached hydrogen (secondary N) is 1. The first-order chi connectivity index (χ1) is 10.3. The van der Waals surface area contributed by atoms with Gasteiger partial charge in [-0.2, -0.15) is 5.10 Å². The maximum atomic E-state index is 11.6. The number of amides is 1. The summed E-state index contributed by atoms with van der Waals surface area (Å²) in [5.41, 5.74) is 6.95. The van der Waals surface area contributed by atoms with E-state index in [1.807, 2.05) is 17.7 Å². The highest BCUT2D eigenvalue weighted by molar-refractivity contribution is 5.67. The molecule has 6 nitrogen and oxygen atoms in total. The second-order valence-electron chi connectivity index (χ2n) is 7.04. The van der Waals surface area contributed by atoms with Crippen molar-refractivity contribution in [3.63, 3.8) is 0 Å². The van der Waals surface area contributed by atoms with Crippen LogP contribution in [0.1, 0.15) is 65.0 Å². The highest BCUT2D eigenvalue weighted by Crippen LogP contribution is 2.36. The molecule has 0 bridgehead atoms. The van der Waals surface area contributed by atoms with E-state index >= 15 is 0 Å². The van der Waals surface area contributed by atoms with E-state index in [2.05, 4.69) is 31.2 Å². The van der Waals surface area contributed by atoms with E-state index < -0.39 is 0 Å². The lowest BCUT2D eigenvalue weighted by molar-refractivity contribution is 0.100. The van der Waals surface area contributed by atoms with Crippen LogP contribution in [0.3, 0.4) is 0 Å². The molecule has 2 unspecified atom stereocenters. The fourth-order valence-corrected chi connectivity index (χ4v) is 2.89. The number of ether oxygens (including phenoxy) is 1. The third kappa shape index (κ3) is 3.93.